The molecule has 120 valence electrons. The highest BCUT2D eigenvalue weighted by molar-refractivity contribution is 6.08. The van der Waals surface area contributed by atoms with Gasteiger partial charge in [0, 0.05) is 5.39 Å². The summed E-state index contributed by atoms with van der Waals surface area (Å²) in [5, 5.41) is 11.6. The number of rotatable bonds is 2. The Labute approximate surface area is 138 Å². The van der Waals surface area contributed by atoms with Gasteiger partial charge in [-0.25, -0.2) is 0 Å². The second kappa shape index (κ2) is 4.45. The number of nitrogens with zero attached hydrogens (tertiary/aromatic N) is 1. The zero-order valence-corrected chi connectivity index (χ0v) is 12.8. The number of hydrogen-bond donors (Lipinski definition) is 1. The van der Waals surface area contributed by atoms with E-state index in [0.717, 1.165) is 16.5 Å². The Kier molecular flexibility index (Phi) is 2.55. The van der Waals surface area contributed by atoms with Crippen LogP contribution in [0.2, 0.25) is 0 Å². The number of amides is 1. The topological polar surface area (TPSA) is 66.8 Å². The van der Waals surface area contributed by atoms with Crippen LogP contribution in [-0.4, -0.2) is 35.2 Å². The molecule has 5 rings (SSSR count). The number of carbonyl (C=O) groups is 2. The van der Waals surface area contributed by atoms with E-state index < -0.39 is 29.5 Å². The average Bonchev–Trinajstić information content (AvgIpc) is 3.22. The van der Waals surface area contributed by atoms with Gasteiger partial charge in [-0.1, -0.05) is 48.6 Å². The Hall–Kier alpha value is -2.66. The number of hydrogen-bond acceptors (Lipinski definition) is 3. The summed E-state index contributed by atoms with van der Waals surface area (Å²) in [5.74, 6) is -2.58. The van der Waals surface area contributed by atoms with Crippen molar-refractivity contribution in [3.05, 3.63) is 54.6 Å². The summed E-state index contributed by atoms with van der Waals surface area (Å²) in [5.41, 5.74) is 0.00772. The highest BCUT2D eigenvalue weighted by atomic mass is 16.5. The van der Waals surface area contributed by atoms with E-state index >= 15 is 0 Å². The van der Waals surface area contributed by atoms with Crippen LogP contribution in [0.15, 0.2) is 54.6 Å². The van der Waals surface area contributed by atoms with Gasteiger partial charge in [0.25, 0.3) is 0 Å². The number of anilines is 1. The summed E-state index contributed by atoms with van der Waals surface area (Å²) in [6, 6.07) is 13.7. The van der Waals surface area contributed by atoms with Crippen LogP contribution in [0.3, 0.4) is 0 Å². The lowest BCUT2D eigenvalue weighted by Crippen LogP contribution is -2.39. The Morgan fingerprint density at radius 3 is 2.83 bits per heavy atom. The van der Waals surface area contributed by atoms with Gasteiger partial charge in [-0.3, -0.25) is 9.59 Å². The molecule has 0 saturated carbocycles. The molecule has 2 bridgehead atoms. The van der Waals surface area contributed by atoms with E-state index in [4.69, 9.17) is 4.74 Å². The largest absolute Gasteiger partial charge is 0.481 e. The predicted molar refractivity (Wildman–Crippen MR) is 87.7 cm³/mol. The maximum absolute atomic E-state index is 13.1. The maximum Gasteiger partial charge on any atom is 0.310 e. The molecule has 0 radical (unpaired) electrons. The Balaban J connectivity index is 1.64. The van der Waals surface area contributed by atoms with E-state index in [9.17, 15) is 14.7 Å². The fourth-order valence-corrected chi connectivity index (χ4v) is 4.43. The molecule has 1 spiro atoms. The second-order valence-electron chi connectivity index (χ2n) is 6.66. The van der Waals surface area contributed by atoms with E-state index in [-0.39, 0.29) is 5.91 Å². The van der Waals surface area contributed by atoms with Crippen molar-refractivity contribution in [1.82, 2.24) is 0 Å². The van der Waals surface area contributed by atoms with E-state index in [2.05, 4.69) is 0 Å². The first-order chi connectivity index (χ1) is 11.6. The molecule has 4 atom stereocenters. The van der Waals surface area contributed by atoms with Crippen molar-refractivity contribution in [2.45, 2.75) is 11.7 Å². The van der Waals surface area contributed by atoms with Gasteiger partial charge in [-0.05, 0) is 11.5 Å². The third kappa shape index (κ3) is 1.57. The fraction of sp³-hybridized carbons (Fsp3) is 0.263. The summed E-state index contributed by atoms with van der Waals surface area (Å²) >= 11 is 0. The zero-order valence-electron chi connectivity index (χ0n) is 12.8. The molecule has 2 fully saturated rings. The van der Waals surface area contributed by atoms with Gasteiger partial charge >= 0.3 is 5.97 Å². The lowest BCUT2D eigenvalue weighted by Gasteiger charge is -2.22. The molecule has 0 aliphatic carbocycles. The molecule has 3 aliphatic rings. The third-order valence-electron chi connectivity index (χ3n) is 5.44. The summed E-state index contributed by atoms with van der Waals surface area (Å²) in [6.07, 6.45) is 3.17. The first-order valence-corrected chi connectivity index (χ1v) is 8.00. The number of carboxylic acids is 1. The highest BCUT2D eigenvalue weighted by Gasteiger charge is 2.67. The van der Waals surface area contributed by atoms with Crippen LogP contribution < -0.4 is 4.90 Å². The highest BCUT2D eigenvalue weighted by Crippen LogP contribution is 2.53. The Morgan fingerprint density at radius 2 is 2.00 bits per heavy atom. The SMILES string of the molecule is O=C(O)[C@H]1[C@H]2C(=O)N(c3cccc4ccccc34)C[C@@]23C=C[C@H]1O3. The van der Waals surface area contributed by atoms with E-state index in [0.29, 0.717) is 6.54 Å². The molecular formula is C19H15NO4. The van der Waals surface area contributed by atoms with Gasteiger partial charge in [0.15, 0.2) is 0 Å². The Bertz CT molecular complexity index is 915. The van der Waals surface area contributed by atoms with Gasteiger partial charge in [-0.2, -0.15) is 0 Å². The van der Waals surface area contributed by atoms with Crippen LogP contribution in [0, 0.1) is 11.8 Å². The minimum absolute atomic E-state index is 0.161. The monoisotopic (exact) mass is 321 g/mol. The van der Waals surface area contributed by atoms with Gasteiger partial charge in [0.05, 0.1) is 24.3 Å². The van der Waals surface area contributed by atoms with Crippen molar-refractivity contribution < 1.29 is 19.4 Å². The van der Waals surface area contributed by atoms with E-state index in [1.165, 1.54) is 0 Å². The molecule has 2 saturated heterocycles. The molecule has 2 aromatic rings. The molecule has 1 amide bonds. The lowest BCUT2D eigenvalue weighted by molar-refractivity contribution is -0.146. The summed E-state index contributed by atoms with van der Waals surface area (Å²) in [4.78, 5) is 26.4. The van der Waals surface area contributed by atoms with Crippen LogP contribution in [0.25, 0.3) is 10.8 Å². The number of benzene rings is 2. The fourth-order valence-electron chi connectivity index (χ4n) is 4.43. The first-order valence-electron chi connectivity index (χ1n) is 8.00. The van der Waals surface area contributed by atoms with Crippen molar-refractivity contribution >= 4 is 28.3 Å². The van der Waals surface area contributed by atoms with Crippen LogP contribution in [-0.2, 0) is 14.3 Å². The van der Waals surface area contributed by atoms with Crippen molar-refractivity contribution in [3.8, 4) is 0 Å². The second-order valence-corrected chi connectivity index (χ2v) is 6.66. The van der Waals surface area contributed by atoms with Gasteiger partial charge in [0.2, 0.25) is 5.91 Å². The van der Waals surface area contributed by atoms with Gasteiger partial charge in [-0.15, -0.1) is 0 Å². The molecule has 5 heteroatoms. The number of carbonyl (C=O) groups excluding carboxylic acids is 1. The minimum atomic E-state index is -0.968. The van der Waals surface area contributed by atoms with E-state index in [1.807, 2.05) is 48.5 Å². The van der Waals surface area contributed by atoms with Crippen molar-refractivity contribution in [2.75, 3.05) is 11.4 Å². The number of fused-ring (bicyclic) bond motifs is 2. The summed E-state index contributed by atoms with van der Waals surface area (Å²) in [7, 11) is 0. The van der Waals surface area contributed by atoms with Gasteiger partial charge in [0.1, 0.15) is 11.5 Å². The molecular weight excluding hydrogens is 306 g/mol. The molecule has 24 heavy (non-hydrogen) atoms. The van der Waals surface area contributed by atoms with Crippen LogP contribution in [0.4, 0.5) is 5.69 Å². The molecule has 1 N–H and O–H groups in total. The van der Waals surface area contributed by atoms with Crippen molar-refractivity contribution in [2.24, 2.45) is 11.8 Å². The molecule has 2 aromatic carbocycles. The number of ether oxygens (including phenoxy) is 1. The van der Waals surface area contributed by atoms with E-state index in [1.54, 1.807) is 11.0 Å². The molecule has 5 nitrogen and oxygen atoms in total. The lowest BCUT2D eigenvalue weighted by atomic mass is 9.77. The normalized spacial score (nSPS) is 33.4. The maximum atomic E-state index is 13.1. The summed E-state index contributed by atoms with van der Waals surface area (Å²) in [6.45, 7) is 0.362. The molecule has 0 aromatic heterocycles. The number of aliphatic carboxylic acids is 1. The van der Waals surface area contributed by atoms with Crippen LogP contribution >= 0.6 is 0 Å². The molecule has 0 unspecified atom stereocenters. The smallest absolute Gasteiger partial charge is 0.310 e. The summed E-state index contributed by atoms with van der Waals surface area (Å²) < 4.78 is 5.94. The van der Waals surface area contributed by atoms with Crippen molar-refractivity contribution in [3.63, 3.8) is 0 Å². The van der Waals surface area contributed by atoms with Crippen LogP contribution in [0.1, 0.15) is 0 Å². The standard InChI is InChI=1S/C19H15NO4/c21-17-16-15(18(22)23)14-8-9-19(16,24-14)10-20(17)13-7-3-5-11-4-1-2-6-12(11)13/h1-9,14-16H,10H2,(H,22,23)/t14-,15-,16+,19+/m1/s1. The van der Waals surface area contributed by atoms with Crippen LogP contribution in [0.5, 0.6) is 0 Å². The van der Waals surface area contributed by atoms with Crippen molar-refractivity contribution in [1.29, 1.82) is 0 Å². The average molecular weight is 321 g/mol. The molecule has 3 heterocycles. The number of carboxylic acid groups (broad SMARTS) is 1. The van der Waals surface area contributed by atoms with Gasteiger partial charge < -0.3 is 14.7 Å². The third-order valence-corrected chi connectivity index (χ3v) is 5.44. The quantitative estimate of drug-likeness (QED) is 0.861. The Morgan fingerprint density at radius 1 is 1.21 bits per heavy atom. The minimum Gasteiger partial charge on any atom is -0.481 e. The first kappa shape index (κ1) is 13.7. The predicted octanol–water partition coefficient (Wildman–Crippen LogP) is 2.21. The zero-order chi connectivity index (χ0) is 16.5. The molecule has 3 aliphatic heterocycles.